The normalized spacial score (nSPS) is 18.1. The molecule has 1 fully saturated rings. The van der Waals surface area contributed by atoms with E-state index >= 15 is 0 Å². The van der Waals surface area contributed by atoms with E-state index in [-0.39, 0.29) is 5.82 Å². The first-order valence-corrected chi connectivity index (χ1v) is 5.52. The van der Waals surface area contributed by atoms with E-state index < -0.39 is 0 Å². The van der Waals surface area contributed by atoms with Crippen molar-refractivity contribution in [2.24, 2.45) is 0 Å². The van der Waals surface area contributed by atoms with Gasteiger partial charge in [0.15, 0.2) is 5.58 Å². The number of nitrogens with zero attached hydrogens (tertiary/aromatic N) is 2. The van der Waals surface area contributed by atoms with E-state index in [4.69, 9.17) is 4.52 Å². The van der Waals surface area contributed by atoms with Gasteiger partial charge >= 0.3 is 0 Å². The number of hydrogen-bond acceptors (Lipinski definition) is 2. The molecule has 4 heteroatoms. The Hall–Kier alpha value is -1.42. The predicted octanol–water partition coefficient (Wildman–Crippen LogP) is 2.45. The highest BCUT2D eigenvalue weighted by Crippen LogP contribution is 2.31. The number of rotatable bonds is 1. The minimum atomic E-state index is -0.238. The van der Waals surface area contributed by atoms with Gasteiger partial charge in [-0.15, -0.1) is 0 Å². The van der Waals surface area contributed by atoms with Gasteiger partial charge in [-0.05, 0) is 31.0 Å². The molecule has 0 amide bonds. The van der Waals surface area contributed by atoms with Crippen LogP contribution in [0.2, 0.25) is 0 Å². The molecule has 1 aliphatic rings. The Balaban J connectivity index is 2.05. The van der Waals surface area contributed by atoms with Crippen molar-refractivity contribution in [3.8, 4) is 0 Å². The van der Waals surface area contributed by atoms with Crippen LogP contribution in [0.1, 0.15) is 24.5 Å². The van der Waals surface area contributed by atoms with E-state index in [0.29, 0.717) is 11.5 Å². The summed E-state index contributed by atoms with van der Waals surface area (Å²) in [5.74, 6) is 0.123. The van der Waals surface area contributed by atoms with Crippen LogP contribution in [-0.4, -0.2) is 18.2 Å². The largest absolute Gasteiger partial charge is 0.356 e. The zero-order valence-corrected chi connectivity index (χ0v) is 8.82. The molecule has 0 saturated carbocycles. The van der Waals surface area contributed by atoms with E-state index in [1.807, 2.05) is 0 Å². The summed E-state index contributed by atoms with van der Waals surface area (Å²) in [6.07, 6.45) is 1.97. The minimum absolute atomic E-state index is 0.238. The van der Waals surface area contributed by atoms with E-state index in [1.54, 1.807) is 6.07 Å². The van der Waals surface area contributed by atoms with Crippen LogP contribution in [0.3, 0.4) is 0 Å². The lowest BCUT2D eigenvalue weighted by molar-refractivity contribution is 0.401. The number of hydrogen-bond donors (Lipinski definition) is 0. The Bertz CT molecular complexity index is 503. The standard InChI is InChI=1S/C12H12FN2O/c13-9-1-2-11-10(7-9)12(15-16-11)8-3-5-14-6-4-8/h1-2,7-8H,3-6H2. The van der Waals surface area contributed by atoms with Gasteiger partial charge in [-0.1, -0.05) is 5.16 Å². The number of aromatic nitrogens is 1. The van der Waals surface area contributed by atoms with Crippen molar-refractivity contribution in [2.45, 2.75) is 18.8 Å². The van der Waals surface area contributed by atoms with Gasteiger partial charge in [-0.25, -0.2) is 9.71 Å². The van der Waals surface area contributed by atoms with Gasteiger partial charge in [-0.3, -0.25) is 0 Å². The van der Waals surface area contributed by atoms with Gasteiger partial charge < -0.3 is 4.52 Å². The van der Waals surface area contributed by atoms with Crippen LogP contribution in [0, 0.1) is 5.82 Å². The summed E-state index contributed by atoms with van der Waals surface area (Å²) in [7, 11) is 0. The summed E-state index contributed by atoms with van der Waals surface area (Å²) in [6.45, 7) is 1.74. The highest BCUT2D eigenvalue weighted by Gasteiger charge is 2.21. The van der Waals surface area contributed by atoms with Crippen LogP contribution >= 0.6 is 0 Å². The second kappa shape index (κ2) is 3.87. The Morgan fingerprint density at radius 3 is 2.88 bits per heavy atom. The van der Waals surface area contributed by atoms with E-state index in [9.17, 15) is 4.39 Å². The summed E-state index contributed by atoms with van der Waals surface area (Å²) in [4.78, 5) is 0. The third-order valence-electron chi connectivity index (χ3n) is 3.12. The van der Waals surface area contributed by atoms with Crippen molar-refractivity contribution in [1.29, 1.82) is 0 Å². The van der Waals surface area contributed by atoms with E-state index in [2.05, 4.69) is 10.5 Å². The van der Waals surface area contributed by atoms with Crippen LogP contribution in [-0.2, 0) is 0 Å². The maximum absolute atomic E-state index is 13.2. The average molecular weight is 219 g/mol. The zero-order valence-electron chi connectivity index (χ0n) is 8.82. The lowest BCUT2D eigenvalue weighted by Crippen LogP contribution is -2.21. The number of piperidine rings is 1. The number of benzene rings is 1. The van der Waals surface area contributed by atoms with Crippen molar-refractivity contribution in [3.05, 3.63) is 29.7 Å². The Labute approximate surface area is 92.6 Å². The SMILES string of the molecule is Fc1ccc2onc(C3CC[N]CC3)c2c1. The summed E-state index contributed by atoms with van der Waals surface area (Å²) in [5, 5.41) is 9.19. The molecule has 1 aromatic carbocycles. The monoisotopic (exact) mass is 219 g/mol. The molecule has 1 radical (unpaired) electrons. The molecule has 0 unspecified atom stereocenters. The second-order valence-corrected chi connectivity index (χ2v) is 4.15. The van der Waals surface area contributed by atoms with Crippen LogP contribution in [0.15, 0.2) is 22.7 Å². The molecule has 0 spiro atoms. The fourth-order valence-corrected chi connectivity index (χ4v) is 2.25. The second-order valence-electron chi connectivity index (χ2n) is 4.15. The third-order valence-corrected chi connectivity index (χ3v) is 3.12. The van der Waals surface area contributed by atoms with Crippen molar-refractivity contribution in [1.82, 2.24) is 10.5 Å². The molecule has 1 aliphatic heterocycles. The van der Waals surface area contributed by atoms with Crippen LogP contribution in [0.5, 0.6) is 0 Å². The first-order chi connectivity index (χ1) is 7.84. The maximum Gasteiger partial charge on any atom is 0.167 e. The molecule has 0 atom stereocenters. The lowest BCUT2D eigenvalue weighted by Gasteiger charge is -2.19. The molecule has 1 saturated heterocycles. The average Bonchev–Trinajstić information content (AvgIpc) is 2.73. The fraction of sp³-hybridized carbons (Fsp3) is 0.417. The molecule has 2 heterocycles. The number of halogens is 1. The summed E-state index contributed by atoms with van der Waals surface area (Å²) < 4.78 is 18.4. The highest BCUT2D eigenvalue weighted by atomic mass is 19.1. The molecule has 0 aliphatic carbocycles. The van der Waals surface area contributed by atoms with E-state index in [0.717, 1.165) is 37.0 Å². The molecule has 16 heavy (non-hydrogen) atoms. The van der Waals surface area contributed by atoms with Crippen molar-refractivity contribution < 1.29 is 8.91 Å². The summed E-state index contributed by atoms with van der Waals surface area (Å²) in [6, 6.07) is 4.54. The fourth-order valence-electron chi connectivity index (χ4n) is 2.25. The Morgan fingerprint density at radius 1 is 1.25 bits per heavy atom. The maximum atomic E-state index is 13.2. The molecule has 3 nitrogen and oxygen atoms in total. The summed E-state index contributed by atoms with van der Waals surface area (Å²) in [5.41, 5.74) is 1.56. The van der Waals surface area contributed by atoms with Crippen LogP contribution in [0.25, 0.3) is 11.0 Å². The third kappa shape index (κ3) is 1.59. The van der Waals surface area contributed by atoms with Crippen molar-refractivity contribution >= 4 is 11.0 Å². The van der Waals surface area contributed by atoms with Gasteiger partial charge in [0, 0.05) is 24.4 Å². The van der Waals surface area contributed by atoms with Crippen LogP contribution < -0.4 is 5.32 Å². The first-order valence-electron chi connectivity index (χ1n) is 5.52. The topological polar surface area (TPSA) is 40.1 Å². The quantitative estimate of drug-likeness (QED) is 0.739. The molecule has 3 rings (SSSR count). The lowest BCUT2D eigenvalue weighted by atomic mass is 9.93. The number of fused-ring (bicyclic) bond motifs is 1. The highest BCUT2D eigenvalue weighted by molar-refractivity contribution is 5.79. The van der Waals surface area contributed by atoms with E-state index in [1.165, 1.54) is 12.1 Å². The van der Waals surface area contributed by atoms with Crippen molar-refractivity contribution in [2.75, 3.05) is 13.1 Å². The molecule has 0 bridgehead atoms. The van der Waals surface area contributed by atoms with Gasteiger partial charge in [0.1, 0.15) is 5.82 Å². The van der Waals surface area contributed by atoms with Gasteiger partial charge in [0.05, 0.1) is 5.69 Å². The zero-order chi connectivity index (χ0) is 11.0. The van der Waals surface area contributed by atoms with Gasteiger partial charge in [-0.2, -0.15) is 0 Å². The van der Waals surface area contributed by atoms with Gasteiger partial charge in [0.2, 0.25) is 0 Å². The molecule has 83 valence electrons. The molecule has 1 aromatic heterocycles. The molecular weight excluding hydrogens is 207 g/mol. The molecular formula is C12H12FN2O. The first kappa shape index (κ1) is 9.78. The van der Waals surface area contributed by atoms with Crippen molar-refractivity contribution in [3.63, 3.8) is 0 Å². The predicted molar refractivity (Wildman–Crippen MR) is 57.8 cm³/mol. The Kier molecular flexibility index (Phi) is 2.36. The van der Waals surface area contributed by atoms with Crippen LogP contribution in [0.4, 0.5) is 4.39 Å². The Morgan fingerprint density at radius 2 is 2.06 bits per heavy atom. The molecule has 0 N–H and O–H groups in total. The minimum Gasteiger partial charge on any atom is -0.356 e. The summed E-state index contributed by atoms with van der Waals surface area (Å²) >= 11 is 0. The smallest absolute Gasteiger partial charge is 0.167 e. The molecule has 2 aromatic rings. The van der Waals surface area contributed by atoms with Gasteiger partial charge in [0.25, 0.3) is 0 Å².